The van der Waals surface area contributed by atoms with Crippen molar-refractivity contribution in [3.05, 3.63) is 23.9 Å². The molecule has 0 aromatic rings. The van der Waals surface area contributed by atoms with Gasteiger partial charge in [0.15, 0.2) is 0 Å². The lowest BCUT2D eigenvalue weighted by Gasteiger charge is -2.32. The van der Waals surface area contributed by atoms with Crippen molar-refractivity contribution < 1.29 is 4.79 Å². The van der Waals surface area contributed by atoms with E-state index in [-0.39, 0.29) is 11.8 Å². The molecule has 70 valence electrons. The molecule has 1 saturated heterocycles. The van der Waals surface area contributed by atoms with Gasteiger partial charge in [0, 0.05) is 18.2 Å². The van der Waals surface area contributed by atoms with Crippen LogP contribution in [0.3, 0.4) is 0 Å². The third kappa shape index (κ3) is 1.46. The Morgan fingerprint density at radius 2 is 2.46 bits per heavy atom. The van der Waals surface area contributed by atoms with Crippen molar-refractivity contribution in [1.82, 2.24) is 5.32 Å². The Labute approximate surface area is 77.7 Å². The second-order valence-electron chi connectivity index (χ2n) is 3.61. The van der Waals surface area contributed by atoms with Gasteiger partial charge in [-0.1, -0.05) is 12.2 Å². The van der Waals surface area contributed by atoms with Crippen molar-refractivity contribution in [1.29, 1.82) is 0 Å². The minimum Gasteiger partial charge on any atom is -0.388 e. The Kier molecular flexibility index (Phi) is 2.08. The molecule has 0 aromatic carbocycles. The van der Waals surface area contributed by atoms with Crippen LogP contribution >= 0.6 is 0 Å². The van der Waals surface area contributed by atoms with Crippen molar-refractivity contribution in [2.45, 2.75) is 12.8 Å². The van der Waals surface area contributed by atoms with Crippen LogP contribution in [-0.4, -0.2) is 12.5 Å². The summed E-state index contributed by atoms with van der Waals surface area (Å²) in [5, 5.41) is 3.31. The zero-order valence-corrected chi connectivity index (χ0v) is 7.49. The molecule has 2 rings (SSSR count). The maximum absolute atomic E-state index is 11.1. The van der Waals surface area contributed by atoms with E-state index in [2.05, 4.69) is 5.32 Å². The SMILES string of the molecule is NC(=O)C1C=CC=C2NCCCC21. The number of primary amides is 1. The number of fused-ring (bicyclic) bond motifs is 1. The van der Waals surface area contributed by atoms with Crippen molar-refractivity contribution in [3.8, 4) is 0 Å². The highest BCUT2D eigenvalue weighted by Crippen LogP contribution is 2.31. The number of hydrogen-bond donors (Lipinski definition) is 2. The first-order chi connectivity index (χ1) is 6.29. The van der Waals surface area contributed by atoms with Crippen LogP contribution in [0.4, 0.5) is 0 Å². The van der Waals surface area contributed by atoms with E-state index in [9.17, 15) is 4.79 Å². The molecule has 3 N–H and O–H groups in total. The maximum atomic E-state index is 11.1. The molecule has 1 aliphatic heterocycles. The van der Waals surface area contributed by atoms with Gasteiger partial charge >= 0.3 is 0 Å². The molecule has 1 fully saturated rings. The summed E-state index contributed by atoms with van der Waals surface area (Å²) >= 11 is 0. The standard InChI is InChI=1S/C10H14N2O/c11-10(13)8-3-1-5-9-7(8)4-2-6-12-9/h1,3,5,7-8,12H,2,4,6H2,(H2,11,13). The summed E-state index contributed by atoms with van der Waals surface area (Å²) in [6.07, 6.45) is 8.06. The van der Waals surface area contributed by atoms with Gasteiger partial charge in [0.05, 0.1) is 5.92 Å². The summed E-state index contributed by atoms with van der Waals surface area (Å²) < 4.78 is 0. The summed E-state index contributed by atoms with van der Waals surface area (Å²) in [5.41, 5.74) is 6.51. The number of hydrogen-bond acceptors (Lipinski definition) is 2. The minimum atomic E-state index is -0.212. The summed E-state index contributed by atoms with van der Waals surface area (Å²) in [7, 11) is 0. The molecular weight excluding hydrogens is 164 g/mol. The van der Waals surface area contributed by atoms with Crippen molar-refractivity contribution in [2.75, 3.05) is 6.54 Å². The molecule has 2 unspecified atom stereocenters. The zero-order valence-electron chi connectivity index (χ0n) is 7.49. The van der Waals surface area contributed by atoms with E-state index in [1.807, 2.05) is 18.2 Å². The number of piperidine rings is 1. The summed E-state index contributed by atoms with van der Waals surface area (Å²) in [6.45, 7) is 1.02. The molecule has 1 aliphatic carbocycles. The average molecular weight is 178 g/mol. The second-order valence-corrected chi connectivity index (χ2v) is 3.61. The lowest BCUT2D eigenvalue weighted by atomic mass is 9.80. The zero-order chi connectivity index (χ0) is 9.26. The van der Waals surface area contributed by atoms with E-state index >= 15 is 0 Å². The Balaban J connectivity index is 2.21. The van der Waals surface area contributed by atoms with Gasteiger partial charge in [0.1, 0.15) is 0 Å². The van der Waals surface area contributed by atoms with E-state index < -0.39 is 0 Å². The average Bonchev–Trinajstić information content (AvgIpc) is 2.17. The third-order valence-electron chi connectivity index (χ3n) is 2.78. The fourth-order valence-electron chi connectivity index (χ4n) is 2.10. The molecule has 13 heavy (non-hydrogen) atoms. The van der Waals surface area contributed by atoms with Crippen LogP contribution < -0.4 is 11.1 Å². The number of rotatable bonds is 1. The van der Waals surface area contributed by atoms with Crippen LogP contribution in [0.25, 0.3) is 0 Å². The lowest BCUT2D eigenvalue weighted by molar-refractivity contribution is -0.121. The van der Waals surface area contributed by atoms with Crippen LogP contribution in [0.15, 0.2) is 23.9 Å². The van der Waals surface area contributed by atoms with Crippen molar-refractivity contribution in [2.24, 2.45) is 17.6 Å². The molecule has 0 bridgehead atoms. The topological polar surface area (TPSA) is 55.1 Å². The summed E-state index contributed by atoms with van der Waals surface area (Å²) in [6, 6.07) is 0. The highest BCUT2D eigenvalue weighted by molar-refractivity contribution is 5.79. The number of nitrogens with one attached hydrogen (secondary N) is 1. The Hall–Kier alpha value is -1.25. The molecule has 1 heterocycles. The maximum Gasteiger partial charge on any atom is 0.225 e. The first kappa shape index (κ1) is 8.35. The fourth-order valence-corrected chi connectivity index (χ4v) is 2.10. The molecule has 0 aromatic heterocycles. The van der Waals surface area contributed by atoms with Gasteiger partial charge < -0.3 is 11.1 Å². The van der Waals surface area contributed by atoms with Gasteiger partial charge in [-0.15, -0.1) is 0 Å². The first-order valence-corrected chi connectivity index (χ1v) is 4.70. The van der Waals surface area contributed by atoms with E-state index in [1.54, 1.807) is 0 Å². The fraction of sp³-hybridized carbons (Fsp3) is 0.500. The van der Waals surface area contributed by atoms with Crippen LogP contribution in [-0.2, 0) is 4.79 Å². The monoisotopic (exact) mass is 178 g/mol. The van der Waals surface area contributed by atoms with Gasteiger partial charge in [-0.3, -0.25) is 4.79 Å². The largest absolute Gasteiger partial charge is 0.388 e. The predicted octanol–water partition coefficient (Wildman–Crippen LogP) is 0.541. The van der Waals surface area contributed by atoms with Gasteiger partial charge in [-0.25, -0.2) is 0 Å². The summed E-state index contributed by atoms with van der Waals surface area (Å²) in [5.74, 6) is -0.0143. The second kappa shape index (κ2) is 3.24. The first-order valence-electron chi connectivity index (χ1n) is 4.70. The van der Waals surface area contributed by atoms with E-state index in [1.165, 1.54) is 5.70 Å². The lowest BCUT2D eigenvalue weighted by Crippen LogP contribution is -2.38. The molecule has 3 heteroatoms. The van der Waals surface area contributed by atoms with Crippen molar-refractivity contribution in [3.63, 3.8) is 0 Å². The quantitative estimate of drug-likeness (QED) is 0.615. The van der Waals surface area contributed by atoms with Gasteiger partial charge in [0.25, 0.3) is 0 Å². The Morgan fingerprint density at radius 3 is 3.23 bits per heavy atom. The third-order valence-corrected chi connectivity index (χ3v) is 2.78. The molecule has 0 radical (unpaired) electrons. The van der Waals surface area contributed by atoms with E-state index in [4.69, 9.17) is 5.73 Å². The van der Waals surface area contributed by atoms with Crippen LogP contribution in [0, 0.1) is 11.8 Å². The highest BCUT2D eigenvalue weighted by atomic mass is 16.1. The number of nitrogens with two attached hydrogens (primary N) is 1. The van der Waals surface area contributed by atoms with Gasteiger partial charge in [-0.05, 0) is 18.9 Å². The van der Waals surface area contributed by atoms with E-state index in [0.717, 1.165) is 19.4 Å². The number of allylic oxidation sites excluding steroid dienone is 3. The van der Waals surface area contributed by atoms with Crippen molar-refractivity contribution >= 4 is 5.91 Å². The predicted molar refractivity (Wildman–Crippen MR) is 50.6 cm³/mol. The van der Waals surface area contributed by atoms with Gasteiger partial charge in [-0.2, -0.15) is 0 Å². The molecule has 3 nitrogen and oxygen atoms in total. The molecule has 0 spiro atoms. The number of carbonyl (C=O) groups is 1. The number of carbonyl (C=O) groups excluding carboxylic acids is 1. The summed E-state index contributed by atoms with van der Waals surface area (Å²) in [4.78, 5) is 11.1. The Bertz CT molecular complexity index is 281. The molecule has 1 amide bonds. The number of amides is 1. The van der Waals surface area contributed by atoms with Gasteiger partial charge in [0.2, 0.25) is 5.91 Å². The van der Waals surface area contributed by atoms with Crippen LogP contribution in [0.5, 0.6) is 0 Å². The van der Waals surface area contributed by atoms with Crippen LogP contribution in [0.2, 0.25) is 0 Å². The minimum absolute atomic E-state index is 0.104. The highest BCUT2D eigenvalue weighted by Gasteiger charge is 2.30. The molecule has 0 saturated carbocycles. The Morgan fingerprint density at radius 1 is 1.62 bits per heavy atom. The van der Waals surface area contributed by atoms with E-state index in [0.29, 0.717) is 5.92 Å². The molecule has 2 atom stereocenters. The molecule has 2 aliphatic rings. The normalized spacial score (nSPS) is 31.5. The smallest absolute Gasteiger partial charge is 0.225 e. The molecular formula is C10H14N2O. The van der Waals surface area contributed by atoms with Crippen LogP contribution in [0.1, 0.15) is 12.8 Å².